The molecule has 0 heterocycles. The van der Waals surface area contributed by atoms with Crippen LogP contribution in [0.4, 0.5) is 0 Å². The lowest BCUT2D eigenvalue weighted by atomic mass is 10.0. The monoisotopic (exact) mass is 247 g/mol. The van der Waals surface area contributed by atoms with Crippen molar-refractivity contribution in [1.82, 2.24) is 5.32 Å². The minimum atomic E-state index is -0.882. The molecule has 1 atom stereocenters. The first kappa shape index (κ1) is 15.9. The molecule has 6 nitrogen and oxygen atoms in total. The molecule has 0 bridgehead atoms. The van der Waals surface area contributed by atoms with E-state index in [4.69, 9.17) is 14.6 Å². The van der Waals surface area contributed by atoms with Crippen LogP contribution < -0.4 is 5.32 Å². The summed E-state index contributed by atoms with van der Waals surface area (Å²) in [6, 6.07) is 0. The van der Waals surface area contributed by atoms with Gasteiger partial charge >= 0.3 is 5.97 Å². The van der Waals surface area contributed by atoms with Crippen molar-refractivity contribution in [2.45, 2.75) is 19.8 Å². The molecule has 0 aromatic heterocycles. The van der Waals surface area contributed by atoms with E-state index in [1.165, 1.54) is 0 Å². The maximum Gasteiger partial charge on any atom is 0.308 e. The van der Waals surface area contributed by atoms with Crippen molar-refractivity contribution < 1.29 is 24.2 Å². The van der Waals surface area contributed by atoms with E-state index >= 15 is 0 Å². The number of amides is 1. The molecule has 6 heteroatoms. The second kappa shape index (κ2) is 10.0. The second-order valence-corrected chi connectivity index (χ2v) is 3.67. The highest BCUT2D eigenvalue weighted by Gasteiger charge is 2.16. The van der Waals surface area contributed by atoms with Crippen LogP contribution in [0.2, 0.25) is 0 Å². The largest absolute Gasteiger partial charge is 0.481 e. The molecule has 1 amide bonds. The topological polar surface area (TPSA) is 84.9 Å². The van der Waals surface area contributed by atoms with Gasteiger partial charge < -0.3 is 19.9 Å². The minimum absolute atomic E-state index is 0.0676. The Hall–Kier alpha value is -1.14. The summed E-state index contributed by atoms with van der Waals surface area (Å²) in [5, 5.41) is 11.4. The van der Waals surface area contributed by atoms with Gasteiger partial charge in [0.25, 0.3) is 0 Å². The quantitative estimate of drug-likeness (QED) is 0.541. The number of carboxylic acids is 1. The molecule has 0 aromatic carbocycles. The normalized spacial score (nSPS) is 12.1. The van der Waals surface area contributed by atoms with Crippen molar-refractivity contribution in [3.8, 4) is 0 Å². The first-order valence-electron chi connectivity index (χ1n) is 5.68. The molecule has 0 aliphatic rings. The summed E-state index contributed by atoms with van der Waals surface area (Å²) >= 11 is 0. The molecule has 0 spiro atoms. The van der Waals surface area contributed by atoms with E-state index in [1.807, 2.05) is 6.92 Å². The Kier molecular flexibility index (Phi) is 9.37. The summed E-state index contributed by atoms with van der Waals surface area (Å²) in [7, 11) is 1.55. The van der Waals surface area contributed by atoms with Gasteiger partial charge in [-0.1, -0.05) is 13.3 Å². The first-order valence-corrected chi connectivity index (χ1v) is 5.68. The van der Waals surface area contributed by atoms with Crippen molar-refractivity contribution >= 4 is 11.9 Å². The van der Waals surface area contributed by atoms with Gasteiger partial charge in [-0.25, -0.2) is 0 Å². The van der Waals surface area contributed by atoms with Crippen molar-refractivity contribution in [2.75, 3.05) is 33.5 Å². The fraction of sp³-hybridized carbons (Fsp3) is 0.818. The summed E-state index contributed by atoms with van der Waals surface area (Å²) in [6.45, 7) is 2.77. The third kappa shape index (κ3) is 8.65. The van der Waals surface area contributed by atoms with Gasteiger partial charge in [0, 0.05) is 13.7 Å². The Balaban J connectivity index is 3.69. The molecule has 100 valence electrons. The average Bonchev–Trinajstić information content (AvgIpc) is 2.29. The van der Waals surface area contributed by atoms with Crippen LogP contribution >= 0.6 is 0 Å². The standard InChI is InChI=1S/C11H21NO5/c1-3-4-9(11(14)15)7-12-10(13)8-17-6-5-16-2/h9H,3-8H2,1-2H3,(H,12,13)(H,14,15). The molecule has 0 saturated carbocycles. The second-order valence-electron chi connectivity index (χ2n) is 3.67. The maximum atomic E-state index is 11.3. The Bertz CT molecular complexity index is 232. The minimum Gasteiger partial charge on any atom is -0.481 e. The number of hydrogen-bond acceptors (Lipinski definition) is 4. The molecule has 17 heavy (non-hydrogen) atoms. The van der Waals surface area contributed by atoms with Gasteiger partial charge in [-0.3, -0.25) is 9.59 Å². The molecule has 2 N–H and O–H groups in total. The fourth-order valence-corrected chi connectivity index (χ4v) is 1.26. The van der Waals surface area contributed by atoms with Crippen molar-refractivity contribution in [1.29, 1.82) is 0 Å². The summed E-state index contributed by atoms with van der Waals surface area (Å²) < 4.78 is 9.75. The predicted octanol–water partition coefficient (Wildman–Crippen LogP) is 0.267. The van der Waals surface area contributed by atoms with Gasteiger partial charge in [-0.05, 0) is 6.42 Å². The summed E-state index contributed by atoms with van der Waals surface area (Å²) in [5.74, 6) is -1.71. The van der Waals surface area contributed by atoms with Gasteiger partial charge in [0.15, 0.2) is 0 Å². The number of carbonyl (C=O) groups is 2. The molecule has 0 aromatic rings. The lowest BCUT2D eigenvalue weighted by Crippen LogP contribution is -2.35. The Labute approximate surface area is 101 Å². The highest BCUT2D eigenvalue weighted by molar-refractivity contribution is 5.78. The Morgan fingerprint density at radius 1 is 1.35 bits per heavy atom. The molecule has 0 rings (SSSR count). The van der Waals surface area contributed by atoms with Crippen molar-refractivity contribution in [2.24, 2.45) is 5.92 Å². The zero-order valence-corrected chi connectivity index (χ0v) is 10.4. The Morgan fingerprint density at radius 3 is 2.59 bits per heavy atom. The predicted molar refractivity (Wildman–Crippen MR) is 61.7 cm³/mol. The lowest BCUT2D eigenvalue weighted by molar-refractivity contribution is -0.142. The van der Waals surface area contributed by atoms with Crippen LogP contribution in [0.15, 0.2) is 0 Å². The number of carbonyl (C=O) groups excluding carboxylic acids is 1. The number of nitrogens with one attached hydrogen (secondary N) is 1. The van der Waals surface area contributed by atoms with E-state index in [-0.39, 0.29) is 19.1 Å². The third-order valence-electron chi connectivity index (χ3n) is 2.20. The molecular formula is C11H21NO5. The average molecular weight is 247 g/mol. The number of carboxylic acid groups (broad SMARTS) is 1. The molecule has 0 radical (unpaired) electrons. The summed E-state index contributed by atoms with van der Waals surface area (Å²) in [6.07, 6.45) is 1.33. The van der Waals surface area contributed by atoms with Crippen LogP contribution in [-0.2, 0) is 19.1 Å². The van der Waals surface area contributed by atoms with E-state index < -0.39 is 11.9 Å². The lowest BCUT2D eigenvalue weighted by Gasteiger charge is -2.12. The van der Waals surface area contributed by atoms with Crippen LogP contribution in [0.3, 0.4) is 0 Å². The fourth-order valence-electron chi connectivity index (χ4n) is 1.26. The molecule has 0 fully saturated rings. The SMILES string of the molecule is CCCC(CNC(=O)COCCOC)C(=O)O. The zero-order chi connectivity index (χ0) is 13.1. The van der Waals surface area contributed by atoms with Crippen LogP contribution in [0.5, 0.6) is 0 Å². The van der Waals surface area contributed by atoms with E-state index in [0.717, 1.165) is 6.42 Å². The first-order chi connectivity index (χ1) is 8.11. The number of aliphatic carboxylic acids is 1. The van der Waals surface area contributed by atoms with Crippen molar-refractivity contribution in [3.63, 3.8) is 0 Å². The van der Waals surface area contributed by atoms with Crippen LogP contribution in [0.25, 0.3) is 0 Å². The van der Waals surface area contributed by atoms with Gasteiger partial charge in [0.2, 0.25) is 5.91 Å². The maximum absolute atomic E-state index is 11.3. The van der Waals surface area contributed by atoms with E-state index in [2.05, 4.69) is 5.32 Å². The number of rotatable bonds is 10. The Morgan fingerprint density at radius 2 is 2.06 bits per heavy atom. The van der Waals surface area contributed by atoms with E-state index in [1.54, 1.807) is 7.11 Å². The molecule has 1 unspecified atom stereocenters. The van der Waals surface area contributed by atoms with Crippen molar-refractivity contribution in [3.05, 3.63) is 0 Å². The zero-order valence-electron chi connectivity index (χ0n) is 10.4. The molecule has 0 saturated heterocycles. The number of methoxy groups -OCH3 is 1. The highest BCUT2D eigenvalue weighted by Crippen LogP contribution is 2.04. The molecule has 0 aliphatic heterocycles. The van der Waals surface area contributed by atoms with E-state index in [0.29, 0.717) is 19.6 Å². The molecular weight excluding hydrogens is 226 g/mol. The van der Waals surface area contributed by atoms with Crippen LogP contribution in [-0.4, -0.2) is 50.5 Å². The smallest absolute Gasteiger partial charge is 0.308 e. The van der Waals surface area contributed by atoms with Gasteiger partial charge in [-0.15, -0.1) is 0 Å². The van der Waals surface area contributed by atoms with Crippen LogP contribution in [0, 0.1) is 5.92 Å². The van der Waals surface area contributed by atoms with Gasteiger partial charge in [0.1, 0.15) is 6.61 Å². The van der Waals surface area contributed by atoms with Gasteiger partial charge in [0.05, 0.1) is 19.1 Å². The van der Waals surface area contributed by atoms with Gasteiger partial charge in [-0.2, -0.15) is 0 Å². The number of hydrogen-bond donors (Lipinski definition) is 2. The summed E-state index contributed by atoms with van der Waals surface area (Å²) in [5.41, 5.74) is 0. The number of ether oxygens (including phenoxy) is 2. The third-order valence-corrected chi connectivity index (χ3v) is 2.20. The van der Waals surface area contributed by atoms with E-state index in [9.17, 15) is 9.59 Å². The molecule has 0 aliphatic carbocycles. The van der Waals surface area contributed by atoms with Crippen LogP contribution in [0.1, 0.15) is 19.8 Å². The summed E-state index contributed by atoms with van der Waals surface area (Å²) in [4.78, 5) is 22.1. The highest BCUT2D eigenvalue weighted by atomic mass is 16.5.